The Balaban J connectivity index is 2.49. The number of carbonyl (C=O) groups excluding carboxylic acids is 1. The molecular formula is C8H7BrN2O2. The lowest BCUT2D eigenvalue weighted by Crippen LogP contribution is -2.44. The van der Waals surface area contributed by atoms with Gasteiger partial charge in [0.2, 0.25) is 6.35 Å². The van der Waals surface area contributed by atoms with Crippen LogP contribution in [0.25, 0.3) is 0 Å². The monoisotopic (exact) mass is 242 g/mol. The maximum absolute atomic E-state index is 11.3. The fourth-order valence-electron chi connectivity index (χ4n) is 1.22. The van der Waals surface area contributed by atoms with Crippen LogP contribution in [0, 0.1) is 0 Å². The van der Waals surface area contributed by atoms with E-state index in [-0.39, 0.29) is 5.91 Å². The molecule has 1 amide bonds. The van der Waals surface area contributed by atoms with Gasteiger partial charge in [-0.05, 0) is 18.2 Å². The van der Waals surface area contributed by atoms with Crippen molar-refractivity contribution < 1.29 is 9.90 Å². The van der Waals surface area contributed by atoms with E-state index in [0.29, 0.717) is 11.3 Å². The molecular weight excluding hydrogens is 236 g/mol. The Hall–Kier alpha value is -1.07. The fourth-order valence-corrected chi connectivity index (χ4v) is 1.58. The molecule has 0 bridgehead atoms. The Morgan fingerprint density at radius 3 is 2.92 bits per heavy atom. The summed E-state index contributed by atoms with van der Waals surface area (Å²) >= 11 is 3.26. The molecule has 1 aliphatic heterocycles. The van der Waals surface area contributed by atoms with Crippen molar-refractivity contribution in [1.82, 2.24) is 5.32 Å². The number of aliphatic hydroxyl groups excluding tert-OH is 1. The number of halogens is 1. The van der Waals surface area contributed by atoms with E-state index in [0.717, 1.165) is 4.47 Å². The number of fused-ring (bicyclic) bond motifs is 1. The number of benzene rings is 1. The summed E-state index contributed by atoms with van der Waals surface area (Å²) in [6.07, 6.45) is -0.999. The van der Waals surface area contributed by atoms with Gasteiger partial charge >= 0.3 is 0 Å². The molecule has 1 aromatic rings. The minimum absolute atomic E-state index is 0.275. The van der Waals surface area contributed by atoms with Crippen molar-refractivity contribution >= 4 is 27.5 Å². The van der Waals surface area contributed by atoms with Gasteiger partial charge in [0.15, 0.2) is 0 Å². The summed E-state index contributed by atoms with van der Waals surface area (Å²) in [5.41, 5.74) is 1.17. The van der Waals surface area contributed by atoms with Crippen LogP contribution in [0.2, 0.25) is 0 Å². The Morgan fingerprint density at radius 2 is 2.15 bits per heavy atom. The molecule has 0 aromatic heterocycles. The third-order valence-electron chi connectivity index (χ3n) is 1.79. The first-order valence-corrected chi connectivity index (χ1v) is 4.51. The van der Waals surface area contributed by atoms with E-state index >= 15 is 0 Å². The molecule has 68 valence electrons. The second-order valence-electron chi connectivity index (χ2n) is 2.71. The average Bonchev–Trinajstić information content (AvgIpc) is 2.06. The second-order valence-corrected chi connectivity index (χ2v) is 3.63. The number of rotatable bonds is 0. The van der Waals surface area contributed by atoms with E-state index in [1.165, 1.54) is 0 Å². The summed E-state index contributed by atoms with van der Waals surface area (Å²) in [7, 11) is 0. The van der Waals surface area contributed by atoms with E-state index < -0.39 is 6.35 Å². The Morgan fingerprint density at radius 1 is 1.38 bits per heavy atom. The van der Waals surface area contributed by atoms with Gasteiger partial charge in [-0.15, -0.1) is 0 Å². The van der Waals surface area contributed by atoms with Crippen LogP contribution in [0.5, 0.6) is 0 Å². The molecule has 1 heterocycles. The molecule has 1 aromatic carbocycles. The van der Waals surface area contributed by atoms with E-state index in [1.54, 1.807) is 18.2 Å². The van der Waals surface area contributed by atoms with Gasteiger partial charge in [0, 0.05) is 4.47 Å². The number of hydrogen-bond acceptors (Lipinski definition) is 3. The van der Waals surface area contributed by atoms with Crippen LogP contribution < -0.4 is 10.6 Å². The van der Waals surface area contributed by atoms with Crippen molar-refractivity contribution in [2.45, 2.75) is 6.35 Å². The van der Waals surface area contributed by atoms with Crippen molar-refractivity contribution in [2.75, 3.05) is 5.32 Å². The normalized spacial score (nSPS) is 20.2. The van der Waals surface area contributed by atoms with Crippen LogP contribution in [0.15, 0.2) is 22.7 Å². The van der Waals surface area contributed by atoms with Crippen LogP contribution in [0.3, 0.4) is 0 Å². The molecule has 2 rings (SSSR count). The molecule has 0 fully saturated rings. The molecule has 3 N–H and O–H groups in total. The number of amides is 1. The van der Waals surface area contributed by atoms with Gasteiger partial charge in [-0.25, -0.2) is 0 Å². The summed E-state index contributed by atoms with van der Waals surface area (Å²) in [6, 6.07) is 5.24. The number of anilines is 1. The van der Waals surface area contributed by atoms with Crippen LogP contribution in [0.1, 0.15) is 10.4 Å². The highest BCUT2D eigenvalue weighted by Crippen LogP contribution is 2.23. The lowest BCUT2D eigenvalue weighted by atomic mass is 10.1. The maximum Gasteiger partial charge on any atom is 0.256 e. The van der Waals surface area contributed by atoms with Crippen molar-refractivity contribution in [3.05, 3.63) is 28.2 Å². The predicted octanol–water partition coefficient (Wildman–Crippen LogP) is 0.880. The average molecular weight is 243 g/mol. The van der Waals surface area contributed by atoms with Crippen LogP contribution in [-0.4, -0.2) is 17.4 Å². The molecule has 1 atom stereocenters. The van der Waals surface area contributed by atoms with Gasteiger partial charge in [-0.2, -0.15) is 0 Å². The lowest BCUT2D eigenvalue weighted by molar-refractivity contribution is 0.0813. The standard InChI is InChI=1S/C8H7BrN2O2/c9-4-1-2-6-5(3-4)7(12)11-8(13)10-6/h1-3,8,10,13H,(H,11,12). The van der Waals surface area contributed by atoms with E-state index in [1.807, 2.05) is 0 Å². The molecule has 0 saturated carbocycles. The second kappa shape index (κ2) is 3.01. The zero-order valence-corrected chi connectivity index (χ0v) is 8.13. The molecule has 0 spiro atoms. The Bertz CT molecular complexity index is 367. The SMILES string of the molecule is O=C1NC(O)Nc2ccc(Br)cc21. The highest BCUT2D eigenvalue weighted by Gasteiger charge is 2.21. The van der Waals surface area contributed by atoms with Crippen molar-refractivity contribution in [3.8, 4) is 0 Å². The quantitative estimate of drug-likeness (QED) is 0.633. The largest absolute Gasteiger partial charge is 0.356 e. The molecule has 0 radical (unpaired) electrons. The predicted molar refractivity (Wildman–Crippen MR) is 51.2 cm³/mol. The first-order chi connectivity index (χ1) is 6.16. The topological polar surface area (TPSA) is 61.4 Å². The minimum atomic E-state index is -0.999. The highest BCUT2D eigenvalue weighted by molar-refractivity contribution is 9.10. The number of aliphatic hydroxyl groups is 1. The Labute approximate surface area is 83.1 Å². The van der Waals surface area contributed by atoms with Gasteiger partial charge in [0.25, 0.3) is 5.91 Å². The number of nitrogens with one attached hydrogen (secondary N) is 2. The molecule has 4 nitrogen and oxygen atoms in total. The van der Waals surface area contributed by atoms with Gasteiger partial charge < -0.3 is 15.7 Å². The first kappa shape index (κ1) is 8.52. The fraction of sp³-hybridized carbons (Fsp3) is 0.125. The van der Waals surface area contributed by atoms with Gasteiger partial charge in [0.1, 0.15) is 0 Å². The number of hydrogen-bond donors (Lipinski definition) is 3. The molecule has 5 heteroatoms. The summed E-state index contributed by atoms with van der Waals surface area (Å²) in [6.45, 7) is 0. The Kier molecular flexibility index (Phi) is 1.97. The van der Waals surface area contributed by atoms with Gasteiger partial charge in [-0.1, -0.05) is 15.9 Å². The van der Waals surface area contributed by atoms with E-state index in [4.69, 9.17) is 5.11 Å². The van der Waals surface area contributed by atoms with Crippen LogP contribution in [0.4, 0.5) is 5.69 Å². The van der Waals surface area contributed by atoms with E-state index in [9.17, 15) is 4.79 Å². The summed E-state index contributed by atoms with van der Waals surface area (Å²) < 4.78 is 0.833. The van der Waals surface area contributed by atoms with Gasteiger partial charge in [-0.3, -0.25) is 4.79 Å². The molecule has 1 aliphatic rings. The zero-order valence-electron chi connectivity index (χ0n) is 6.54. The first-order valence-electron chi connectivity index (χ1n) is 3.72. The summed E-state index contributed by atoms with van der Waals surface area (Å²) in [5.74, 6) is -0.275. The lowest BCUT2D eigenvalue weighted by Gasteiger charge is -2.23. The third kappa shape index (κ3) is 1.52. The van der Waals surface area contributed by atoms with Crippen molar-refractivity contribution in [3.63, 3.8) is 0 Å². The summed E-state index contributed by atoms with van der Waals surface area (Å²) in [4.78, 5) is 11.3. The smallest absolute Gasteiger partial charge is 0.256 e. The van der Waals surface area contributed by atoms with Crippen LogP contribution in [-0.2, 0) is 0 Å². The number of carbonyl (C=O) groups is 1. The summed E-state index contributed by atoms with van der Waals surface area (Å²) in [5, 5.41) is 14.2. The third-order valence-corrected chi connectivity index (χ3v) is 2.28. The molecule has 0 saturated heterocycles. The minimum Gasteiger partial charge on any atom is -0.356 e. The van der Waals surface area contributed by atoms with Gasteiger partial charge in [0.05, 0.1) is 11.3 Å². The van der Waals surface area contributed by atoms with Crippen molar-refractivity contribution in [2.24, 2.45) is 0 Å². The van der Waals surface area contributed by atoms with E-state index in [2.05, 4.69) is 26.6 Å². The van der Waals surface area contributed by atoms with Crippen molar-refractivity contribution in [1.29, 1.82) is 0 Å². The zero-order chi connectivity index (χ0) is 9.42. The molecule has 0 aliphatic carbocycles. The maximum atomic E-state index is 11.3. The molecule has 13 heavy (non-hydrogen) atoms. The van der Waals surface area contributed by atoms with Crippen LogP contribution >= 0.6 is 15.9 Å². The highest BCUT2D eigenvalue weighted by atomic mass is 79.9. The molecule has 1 unspecified atom stereocenters.